The van der Waals surface area contributed by atoms with Crippen molar-refractivity contribution in [3.63, 3.8) is 0 Å². The summed E-state index contributed by atoms with van der Waals surface area (Å²) in [5.41, 5.74) is 3.80. The van der Waals surface area contributed by atoms with Gasteiger partial charge in [0, 0.05) is 8.95 Å². The summed E-state index contributed by atoms with van der Waals surface area (Å²) in [6.07, 6.45) is 1.12. The zero-order valence-corrected chi connectivity index (χ0v) is 16.9. The third-order valence-electron chi connectivity index (χ3n) is 3.11. The average molecular weight is 482 g/mol. The Morgan fingerprint density at radius 2 is 1.90 bits per heavy atom. The van der Waals surface area contributed by atoms with E-state index >= 15 is 0 Å². The van der Waals surface area contributed by atoms with Crippen molar-refractivity contribution < 1.29 is 0 Å². The van der Waals surface area contributed by atoms with E-state index < -0.39 is 0 Å². The molecule has 1 nitrogen and oxygen atoms in total. The molecule has 1 unspecified atom stereocenters. The minimum absolute atomic E-state index is 0.212. The molecule has 0 saturated carbocycles. The van der Waals surface area contributed by atoms with Crippen LogP contribution >= 0.6 is 59.1 Å². The first-order valence-electron chi connectivity index (χ1n) is 6.45. The highest BCUT2D eigenvalue weighted by Crippen LogP contribution is 2.35. The number of aryl methyl sites for hydroxylation is 1. The predicted molar refractivity (Wildman–Crippen MR) is 98.7 cm³/mol. The van der Waals surface area contributed by atoms with Crippen LogP contribution in [0.4, 0.5) is 0 Å². The monoisotopic (exact) mass is 479 g/mol. The van der Waals surface area contributed by atoms with Crippen LogP contribution in [0.15, 0.2) is 36.3 Å². The van der Waals surface area contributed by atoms with Gasteiger partial charge in [0.1, 0.15) is 0 Å². The highest BCUT2D eigenvalue weighted by atomic mass is 79.9. The largest absolute Gasteiger partial charge is 0.306 e. The minimum Gasteiger partial charge on any atom is -0.306 e. The van der Waals surface area contributed by atoms with E-state index in [9.17, 15) is 0 Å². The van der Waals surface area contributed by atoms with E-state index in [1.165, 1.54) is 16.7 Å². The molecule has 1 aromatic carbocycles. The zero-order valence-electron chi connectivity index (χ0n) is 11.3. The number of rotatable bonds is 5. The quantitative estimate of drug-likeness (QED) is 0.518. The fourth-order valence-corrected chi connectivity index (χ4v) is 4.30. The molecule has 1 atom stereocenters. The Morgan fingerprint density at radius 1 is 1.15 bits per heavy atom. The summed E-state index contributed by atoms with van der Waals surface area (Å²) in [6, 6.07) is 6.78. The second-order valence-corrected chi connectivity index (χ2v) is 8.69. The highest BCUT2D eigenvalue weighted by molar-refractivity contribution is 9.11. The normalized spacial score (nSPS) is 12.7. The summed E-state index contributed by atoms with van der Waals surface area (Å²) >= 11 is 12.6. The molecular formula is C15H16Br3NS. The Labute approximate surface area is 149 Å². The van der Waals surface area contributed by atoms with Crippen molar-refractivity contribution >= 4 is 59.1 Å². The summed E-state index contributed by atoms with van der Waals surface area (Å²) in [5.74, 6) is 0. The summed E-state index contributed by atoms with van der Waals surface area (Å²) < 4.78 is 3.46. The van der Waals surface area contributed by atoms with Gasteiger partial charge in [-0.1, -0.05) is 38.8 Å². The van der Waals surface area contributed by atoms with Crippen molar-refractivity contribution in [1.29, 1.82) is 0 Å². The molecule has 0 spiro atoms. The van der Waals surface area contributed by atoms with Gasteiger partial charge in [-0.2, -0.15) is 0 Å². The Morgan fingerprint density at radius 3 is 2.50 bits per heavy atom. The van der Waals surface area contributed by atoms with Crippen LogP contribution in [0.1, 0.15) is 36.1 Å². The van der Waals surface area contributed by atoms with E-state index in [4.69, 9.17) is 0 Å². The zero-order chi connectivity index (χ0) is 14.7. The number of halogens is 3. The Hall–Kier alpha value is 0.320. The molecule has 1 aromatic heterocycles. The van der Waals surface area contributed by atoms with E-state index in [-0.39, 0.29) is 6.04 Å². The highest BCUT2D eigenvalue weighted by Gasteiger charge is 2.18. The van der Waals surface area contributed by atoms with Crippen LogP contribution in [0.25, 0.3) is 0 Å². The van der Waals surface area contributed by atoms with Crippen molar-refractivity contribution in [2.75, 3.05) is 6.54 Å². The van der Waals surface area contributed by atoms with Crippen LogP contribution in [-0.4, -0.2) is 6.54 Å². The van der Waals surface area contributed by atoms with Crippen molar-refractivity contribution in [3.05, 3.63) is 53.0 Å². The molecule has 0 aliphatic heterocycles. The average Bonchev–Trinajstić information content (AvgIpc) is 2.82. The van der Waals surface area contributed by atoms with Gasteiger partial charge in [-0.15, -0.1) is 11.3 Å². The summed E-state index contributed by atoms with van der Waals surface area (Å²) in [6.45, 7) is 5.29. The van der Waals surface area contributed by atoms with Crippen LogP contribution < -0.4 is 5.32 Å². The van der Waals surface area contributed by atoms with E-state index in [0.29, 0.717) is 0 Å². The predicted octanol–water partition coefficient (Wildman–Crippen LogP) is 6.43. The summed E-state index contributed by atoms with van der Waals surface area (Å²) in [4.78, 5) is 0. The molecule has 5 heteroatoms. The molecular weight excluding hydrogens is 466 g/mol. The third kappa shape index (κ3) is 3.95. The van der Waals surface area contributed by atoms with Gasteiger partial charge in [0.25, 0.3) is 0 Å². The summed E-state index contributed by atoms with van der Waals surface area (Å²) in [5, 5.41) is 5.84. The fourth-order valence-electron chi connectivity index (χ4n) is 2.05. The van der Waals surface area contributed by atoms with Crippen molar-refractivity contribution in [2.24, 2.45) is 0 Å². The lowest BCUT2D eigenvalue weighted by Crippen LogP contribution is -2.23. The first-order valence-corrected chi connectivity index (χ1v) is 9.71. The molecule has 0 radical (unpaired) electrons. The Bertz CT molecular complexity index is 595. The maximum atomic E-state index is 3.71. The van der Waals surface area contributed by atoms with E-state index in [1.54, 1.807) is 11.3 Å². The third-order valence-corrected chi connectivity index (χ3v) is 6.17. The molecule has 0 aliphatic rings. The van der Waals surface area contributed by atoms with Crippen molar-refractivity contribution in [2.45, 2.75) is 26.3 Å². The number of benzene rings is 1. The van der Waals surface area contributed by atoms with E-state index in [1.807, 2.05) is 0 Å². The lowest BCUT2D eigenvalue weighted by Gasteiger charge is -2.20. The second-order valence-electron chi connectivity index (χ2n) is 4.69. The van der Waals surface area contributed by atoms with Crippen LogP contribution in [-0.2, 0) is 0 Å². The molecule has 2 rings (SSSR count). The maximum Gasteiger partial charge on any atom is 0.0701 e. The molecule has 0 fully saturated rings. The van der Waals surface area contributed by atoms with Crippen LogP contribution in [0.2, 0.25) is 0 Å². The van der Waals surface area contributed by atoms with Crippen molar-refractivity contribution in [1.82, 2.24) is 5.32 Å². The Balaban J connectivity index is 2.43. The molecule has 2 aromatic rings. The summed E-state index contributed by atoms with van der Waals surface area (Å²) in [7, 11) is 0. The number of hydrogen-bond donors (Lipinski definition) is 1. The molecule has 20 heavy (non-hydrogen) atoms. The first kappa shape index (κ1) is 16.7. The van der Waals surface area contributed by atoms with Crippen LogP contribution in [0.3, 0.4) is 0 Å². The van der Waals surface area contributed by atoms with Gasteiger partial charge in [-0.25, -0.2) is 0 Å². The fraction of sp³-hybridized carbons (Fsp3) is 0.333. The van der Waals surface area contributed by atoms with Crippen LogP contribution in [0, 0.1) is 6.92 Å². The molecule has 1 heterocycles. The van der Waals surface area contributed by atoms with E-state index in [0.717, 1.165) is 25.7 Å². The van der Waals surface area contributed by atoms with E-state index in [2.05, 4.69) is 90.5 Å². The molecule has 0 bridgehead atoms. The van der Waals surface area contributed by atoms with Gasteiger partial charge >= 0.3 is 0 Å². The molecule has 1 N–H and O–H groups in total. The molecule has 0 amide bonds. The lowest BCUT2D eigenvalue weighted by molar-refractivity contribution is 0.598. The van der Waals surface area contributed by atoms with Gasteiger partial charge in [-0.05, 0) is 76.1 Å². The molecule has 0 aliphatic carbocycles. The minimum atomic E-state index is 0.212. The number of nitrogens with one attached hydrogen (secondary N) is 1. The van der Waals surface area contributed by atoms with Gasteiger partial charge in [-0.3, -0.25) is 0 Å². The molecule has 108 valence electrons. The van der Waals surface area contributed by atoms with Gasteiger partial charge in [0.2, 0.25) is 0 Å². The van der Waals surface area contributed by atoms with Gasteiger partial charge in [0.05, 0.1) is 9.83 Å². The first-order chi connectivity index (χ1) is 9.52. The topological polar surface area (TPSA) is 12.0 Å². The van der Waals surface area contributed by atoms with Crippen LogP contribution in [0.5, 0.6) is 0 Å². The SMILES string of the molecule is CCCNC(c1csc(Br)c1)c1cc(Br)c(C)cc1Br. The Kier molecular flexibility index (Phi) is 6.29. The lowest BCUT2D eigenvalue weighted by atomic mass is 10.00. The van der Waals surface area contributed by atoms with Gasteiger partial charge in [0.15, 0.2) is 0 Å². The number of thiophene rings is 1. The van der Waals surface area contributed by atoms with Crippen molar-refractivity contribution in [3.8, 4) is 0 Å². The molecule has 0 saturated heterocycles. The standard InChI is InChI=1S/C15H16Br3NS/c1-3-4-19-15(10-6-14(18)20-8-10)11-7-12(16)9(2)5-13(11)17/h5-8,15,19H,3-4H2,1-2H3. The second kappa shape index (κ2) is 7.54. The maximum absolute atomic E-state index is 3.71. The smallest absolute Gasteiger partial charge is 0.0701 e. The number of hydrogen-bond acceptors (Lipinski definition) is 2. The van der Waals surface area contributed by atoms with Gasteiger partial charge < -0.3 is 5.32 Å².